The molecule has 7 heteroatoms. The van der Waals surface area contributed by atoms with Gasteiger partial charge in [-0.1, -0.05) is 0 Å². The van der Waals surface area contributed by atoms with Gasteiger partial charge >= 0.3 is 5.97 Å². The van der Waals surface area contributed by atoms with Crippen LogP contribution in [0.2, 0.25) is 0 Å². The van der Waals surface area contributed by atoms with Gasteiger partial charge in [-0.3, -0.25) is 14.6 Å². The Bertz CT molecular complexity index is 1110. The summed E-state index contributed by atoms with van der Waals surface area (Å²) in [7, 11) is 1.57. The Kier molecular flexibility index (Phi) is 5.44. The van der Waals surface area contributed by atoms with E-state index in [4.69, 9.17) is 14.3 Å². The molecule has 144 valence electrons. The first-order chi connectivity index (χ1) is 13.4. The zero-order valence-corrected chi connectivity index (χ0v) is 15.4. The van der Waals surface area contributed by atoms with E-state index in [2.05, 4.69) is 4.99 Å². The summed E-state index contributed by atoms with van der Waals surface area (Å²) in [4.78, 5) is 27.0. The lowest BCUT2D eigenvalue weighted by atomic mass is 10.1. The predicted molar refractivity (Wildman–Crippen MR) is 103 cm³/mol. The summed E-state index contributed by atoms with van der Waals surface area (Å²) in [6.07, 6.45) is -0.122. The van der Waals surface area contributed by atoms with Crippen molar-refractivity contribution >= 4 is 22.7 Å². The van der Waals surface area contributed by atoms with Gasteiger partial charge in [-0.25, -0.2) is 0 Å². The molecule has 0 atom stereocenters. The lowest BCUT2D eigenvalue weighted by Gasteiger charge is -2.08. The summed E-state index contributed by atoms with van der Waals surface area (Å²) in [5.41, 5.74) is 1.24. The molecule has 0 bridgehead atoms. The maximum absolute atomic E-state index is 11.8. The number of methoxy groups -OCH3 is 1. The lowest BCUT2D eigenvalue weighted by Crippen LogP contribution is -2.08. The van der Waals surface area contributed by atoms with Crippen molar-refractivity contribution in [2.24, 2.45) is 4.99 Å². The van der Waals surface area contributed by atoms with Crippen LogP contribution >= 0.6 is 0 Å². The Morgan fingerprint density at radius 1 is 1.14 bits per heavy atom. The molecule has 0 aliphatic carbocycles. The van der Waals surface area contributed by atoms with Gasteiger partial charge in [0.05, 0.1) is 31.0 Å². The molecule has 1 aromatic heterocycles. The van der Waals surface area contributed by atoms with E-state index < -0.39 is 5.97 Å². The van der Waals surface area contributed by atoms with Crippen molar-refractivity contribution in [1.82, 2.24) is 0 Å². The van der Waals surface area contributed by atoms with Gasteiger partial charge in [0, 0.05) is 23.1 Å². The molecule has 1 heterocycles. The van der Waals surface area contributed by atoms with Gasteiger partial charge in [0.1, 0.15) is 22.8 Å². The van der Waals surface area contributed by atoms with Crippen molar-refractivity contribution in [1.29, 1.82) is 0 Å². The largest absolute Gasteiger partial charge is 0.507 e. The van der Waals surface area contributed by atoms with Crippen molar-refractivity contribution in [2.75, 3.05) is 13.7 Å². The number of benzene rings is 2. The second-order valence-corrected chi connectivity index (χ2v) is 6.17. The highest BCUT2D eigenvalue weighted by Gasteiger charge is 2.13. The summed E-state index contributed by atoms with van der Waals surface area (Å²) < 4.78 is 11.1. The minimum Gasteiger partial charge on any atom is -0.507 e. The number of ketones is 1. The van der Waals surface area contributed by atoms with Crippen LogP contribution in [0.1, 0.15) is 23.7 Å². The van der Waals surface area contributed by atoms with Crippen molar-refractivity contribution in [3.8, 4) is 22.8 Å². The van der Waals surface area contributed by atoms with Crippen molar-refractivity contribution in [3.63, 3.8) is 0 Å². The fourth-order valence-corrected chi connectivity index (χ4v) is 2.79. The maximum Gasteiger partial charge on any atom is 0.305 e. The van der Waals surface area contributed by atoms with Gasteiger partial charge < -0.3 is 19.4 Å². The molecule has 0 amide bonds. The molecule has 0 spiro atoms. The first kappa shape index (κ1) is 19.2. The molecule has 0 aliphatic rings. The van der Waals surface area contributed by atoms with Crippen LogP contribution in [0, 0.1) is 0 Å². The Morgan fingerprint density at radius 3 is 2.46 bits per heavy atom. The quantitative estimate of drug-likeness (QED) is 0.634. The van der Waals surface area contributed by atoms with Crippen LogP contribution in [0.3, 0.4) is 0 Å². The number of nitrogens with zero attached hydrogens (tertiary/aromatic N) is 1. The van der Waals surface area contributed by atoms with Crippen LogP contribution < -0.4 is 10.1 Å². The fraction of sp³-hybridized carbons (Fsp3) is 0.190. The number of hydrogen-bond acceptors (Lipinski definition) is 6. The number of ether oxygens (including phenoxy) is 1. The average Bonchev–Trinajstić information content (AvgIpc) is 2.66. The molecule has 0 aliphatic heterocycles. The topological polar surface area (TPSA) is 109 Å². The molecular formula is C21H19NO6. The second kappa shape index (κ2) is 7.96. The monoisotopic (exact) mass is 381 g/mol. The Hall–Kier alpha value is -3.61. The SMILES string of the molecule is COc1ccc(-c2cc(=NCCC(=O)O)c3cc(C(C)=O)c(O)cc3o2)cc1. The number of phenolic OH excluding ortho intramolecular Hbond substituents is 1. The van der Waals surface area contributed by atoms with Gasteiger partial charge in [0.15, 0.2) is 5.78 Å². The second-order valence-electron chi connectivity index (χ2n) is 6.17. The molecule has 0 unspecified atom stereocenters. The van der Waals surface area contributed by atoms with Crippen LogP contribution in [0.4, 0.5) is 0 Å². The zero-order chi connectivity index (χ0) is 20.3. The van der Waals surface area contributed by atoms with E-state index in [0.717, 1.165) is 5.56 Å². The predicted octanol–water partition coefficient (Wildman–Crippen LogP) is 3.39. The number of aliphatic carboxylic acids is 1. The molecule has 0 fully saturated rings. The van der Waals surface area contributed by atoms with Gasteiger partial charge in [-0.2, -0.15) is 0 Å². The number of carboxylic acids is 1. The molecule has 28 heavy (non-hydrogen) atoms. The van der Waals surface area contributed by atoms with Crippen LogP contribution in [0.25, 0.3) is 22.3 Å². The standard InChI is InChI=1S/C21H19NO6/c1-12(23)15-9-16-17(22-8-7-21(25)26)10-19(28-20(16)11-18(15)24)13-3-5-14(27-2)6-4-13/h3-6,9-11,24H,7-8H2,1-2H3,(H,25,26). The van der Waals surface area contributed by atoms with E-state index in [0.29, 0.717) is 27.8 Å². The number of rotatable bonds is 6. The van der Waals surface area contributed by atoms with Crippen molar-refractivity contribution in [2.45, 2.75) is 13.3 Å². The highest BCUT2D eigenvalue weighted by molar-refractivity contribution is 6.00. The number of phenols is 1. The van der Waals surface area contributed by atoms with E-state index in [1.165, 1.54) is 19.1 Å². The highest BCUT2D eigenvalue weighted by atomic mass is 16.5. The van der Waals surface area contributed by atoms with Gasteiger partial charge in [-0.05, 0) is 37.3 Å². The smallest absolute Gasteiger partial charge is 0.305 e. The number of fused-ring (bicyclic) bond motifs is 1. The van der Waals surface area contributed by atoms with E-state index in [1.807, 2.05) is 12.1 Å². The normalized spacial score (nSPS) is 11.6. The summed E-state index contributed by atoms with van der Waals surface area (Å²) in [5, 5.41) is 20.0. The van der Waals surface area contributed by atoms with Gasteiger partial charge in [-0.15, -0.1) is 0 Å². The molecule has 0 saturated carbocycles. The van der Waals surface area contributed by atoms with E-state index in [9.17, 15) is 14.7 Å². The number of hydrogen-bond donors (Lipinski definition) is 2. The third-order valence-corrected chi connectivity index (χ3v) is 4.22. The van der Waals surface area contributed by atoms with Crippen molar-refractivity contribution < 1.29 is 29.0 Å². The molecule has 3 rings (SSSR count). The van der Waals surface area contributed by atoms with E-state index in [1.54, 1.807) is 25.3 Å². The molecule has 2 N–H and O–H groups in total. The molecule has 0 radical (unpaired) electrons. The summed E-state index contributed by atoms with van der Waals surface area (Å²) in [6.45, 7) is 1.43. The molecule has 0 saturated heterocycles. The maximum atomic E-state index is 11.8. The van der Waals surface area contributed by atoms with Crippen LogP contribution in [0.15, 0.2) is 51.9 Å². The number of carboxylic acid groups (broad SMARTS) is 1. The summed E-state index contributed by atoms with van der Waals surface area (Å²) >= 11 is 0. The molecule has 2 aromatic carbocycles. The number of Topliss-reactive ketones (excluding diaryl/α,β-unsaturated/α-hetero) is 1. The van der Waals surface area contributed by atoms with E-state index >= 15 is 0 Å². The van der Waals surface area contributed by atoms with Gasteiger partial charge in [0.25, 0.3) is 0 Å². The van der Waals surface area contributed by atoms with Gasteiger partial charge in [0.2, 0.25) is 0 Å². The number of aromatic hydroxyl groups is 1. The Balaban J connectivity index is 2.22. The van der Waals surface area contributed by atoms with Crippen molar-refractivity contribution in [3.05, 3.63) is 53.4 Å². The fourth-order valence-electron chi connectivity index (χ4n) is 2.79. The molecular weight excluding hydrogens is 362 g/mol. The van der Waals surface area contributed by atoms with Crippen LogP contribution in [0.5, 0.6) is 11.5 Å². The van der Waals surface area contributed by atoms with E-state index in [-0.39, 0.29) is 30.1 Å². The average molecular weight is 381 g/mol. The third-order valence-electron chi connectivity index (χ3n) is 4.22. The zero-order valence-electron chi connectivity index (χ0n) is 15.4. The lowest BCUT2D eigenvalue weighted by molar-refractivity contribution is -0.136. The Morgan fingerprint density at radius 2 is 1.86 bits per heavy atom. The highest BCUT2D eigenvalue weighted by Crippen LogP contribution is 2.28. The Labute approximate surface area is 160 Å². The number of carbonyl (C=O) groups excluding carboxylic acids is 1. The molecule has 7 nitrogen and oxygen atoms in total. The minimum absolute atomic E-state index is 0.0762. The number of carbonyl (C=O) groups is 2. The van der Waals surface area contributed by atoms with Crippen LogP contribution in [-0.2, 0) is 4.79 Å². The first-order valence-electron chi connectivity index (χ1n) is 8.57. The summed E-state index contributed by atoms with van der Waals surface area (Å²) in [5.74, 6) is -0.257. The third kappa shape index (κ3) is 4.03. The minimum atomic E-state index is -0.953. The summed E-state index contributed by atoms with van der Waals surface area (Å²) in [6, 6.07) is 11.8. The molecule has 3 aromatic rings. The van der Waals surface area contributed by atoms with Crippen LogP contribution in [-0.4, -0.2) is 35.6 Å². The first-order valence-corrected chi connectivity index (χ1v) is 8.57.